The number of allylic oxidation sites excluding steroid dienone is 1. The summed E-state index contributed by atoms with van der Waals surface area (Å²) >= 11 is 0. The highest BCUT2D eigenvalue weighted by Crippen LogP contribution is 1.91. The van der Waals surface area contributed by atoms with Crippen molar-refractivity contribution < 1.29 is 0 Å². The molecule has 13 heavy (non-hydrogen) atoms. The van der Waals surface area contributed by atoms with Crippen LogP contribution in [0.1, 0.15) is 12.5 Å². The molecule has 0 radical (unpaired) electrons. The number of aromatic amines is 1. The Bertz CT molecular complexity index is 440. The van der Waals surface area contributed by atoms with Crippen molar-refractivity contribution in [3.05, 3.63) is 44.8 Å². The number of aryl methyl sites for hydroxylation is 1. The average Bonchev–Trinajstić information content (AvgIpc) is 1.99. The van der Waals surface area contributed by atoms with Crippen LogP contribution in [0.3, 0.4) is 0 Å². The summed E-state index contributed by atoms with van der Waals surface area (Å²) in [4.78, 5) is 24.4. The molecule has 0 unspecified atom stereocenters. The van der Waals surface area contributed by atoms with Gasteiger partial charge in [0.05, 0.1) is 0 Å². The number of rotatable bonds is 2. The van der Waals surface area contributed by atoms with Gasteiger partial charge in [0.15, 0.2) is 0 Å². The van der Waals surface area contributed by atoms with Gasteiger partial charge >= 0.3 is 5.69 Å². The second-order valence-electron chi connectivity index (χ2n) is 3.16. The first-order valence-corrected chi connectivity index (χ1v) is 3.95. The maximum atomic E-state index is 11.2. The third-order valence-corrected chi connectivity index (χ3v) is 1.63. The van der Waals surface area contributed by atoms with Crippen LogP contribution in [0.25, 0.3) is 0 Å². The van der Waals surface area contributed by atoms with Crippen molar-refractivity contribution in [2.45, 2.75) is 20.4 Å². The molecule has 0 spiro atoms. The largest absolute Gasteiger partial charge is 0.328 e. The first-order chi connectivity index (χ1) is 6.00. The molecule has 0 bridgehead atoms. The second kappa shape index (κ2) is 3.43. The summed E-state index contributed by atoms with van der Waals surface area (Å²) in [5, 5.41) is 0. The Labute approximate surface area is 75.5 Å². The average molecular weight is 180 g/mol. The van der Waals surface area contributed by atoms with E-state index in [1.165, 1.54) is 10.8 Å². The first kappa shape index (κ1) is 9.51. The van der Waals surface area contributed by atoms with E-state index < -0.39 is 5.69 Å². The number of aromatic nitrogens is 2. The number of hydrogen-bond donors (Lipinski definition) is 1. The molecule has 1 rings (SSSR count). The van der Waals surface area contributed by atoms with Crippen molar-refractivity contribution in [3.63, 3.8) is 0 Å². The van der Waals surface area contributed by atoms with E-state index in [1.807, 2.05) is 6.92 Å². The number of nitrogens with one attached hydrogen (secondary N) is 1. The Morgan fingerprint density at radius 1 is 1.62 bits per heavy atom. The summed E-state index contributed by atoms with van der Waals surface area (Å²) in [6, 6.07) is 0. The summed E-state index contributed by atoms with van der Waals surface area (Å²) in [7, 11) is 0. The van der Waals surface area contributed by atoms with Gasteiger partial charge < -0.3 is 0 Å². The fraction of sp³-hybridized carbons (Fsp3) is 0.333. The summed E-state index contributed by atoms with van der Waals surface area (Å²) in [5.74, 6) is 0. The zero-order chi connectivity index (χ0) is 10.0. The van der Waals surface area contributed by atoms with Crippen LogP contribution in [0.5, 0.6) is 0 Å². The highest BCUT2D eigenvalue weighted by molar-refractivity contribution is 5.02. The van der Waals surface area contributed by atoms with Gasteiger partial charge in [-0.25, -0.2) is 4.79 Å². The molecule has 0 saturated carbocycles. The summed E-state index contributed by atoms with van der Waals surface area (Å²) in [6.45, 7) is 7.62. The lowest BCUT2D eigenvalue weighted by molar-refractivity contribution is 0.705. The van der Waals surface area contributed by atoms with Gasteiger partial charge in [0.2, 0.25) is 0 Å². The molecule has 4 heteroatoms. The molecule has 1 heterocycles. The molecule has 0 saturated heterocycles. The van der Waals surface area contributed by atoms with Crippen LogP contribution < -0.4 is 11.2 Å². The molecule has 0 atom stereocenters. The first-order valence-electron chi connectivity index (χ1n) is 3.95. The smallest absolute Gasteiger partial charge is 0.296 e. The van der Waals surface area contributed by atoms with E-state index in [-0.39, 0.29) is 5.56 Å². The highest BCUT2D eigenvalue weighted by atomic mass is 16.2. The summed E-state index contributed by atoms with van der Waals surface area (Å²) in [6.07, 6.45) is 1.54. The van der Waals surface area contributed by atoms with Crippen LogP contribution in [0.4, 0.5) is 0 Å². The van der Waals surface area contributed by atoms with Crippen molar-refractivity contribution in [3.8, 4) is 0 Å². The summed E-state index contributed by atoms with van der Waals surface area (Å²) < 4.78 is 1.43. The fourth-order valence-electron chi connectivity index (χ4n) is 1.03. The van der Waals surface area contributed by atoms with Gasteiger partial charge in [-0.15, -0.1) is 0 Å². The quantitative estimate of drug-likeness (QED) is 0.670. The minimum Gasteiger partial charge on any atom is -0.296 e. The number of nitrogens with zero attached hydrogens (tertiary/aromatic N) is 1. The Hall–Kier alpha value is -1.58. The van der Waals surface area contributed by atoms with E-state index in [9.17, 15) is 9.59 Å². The van der Waals surface area contributed by atoms with Crippen molar-refractivity contribution in [2.24, 2.45) is 0 Å². The SMILES string of the molecule is C=C(C)Cn1cc(C)c(=O)[nH]c1=O. The third-order valence-electron chi connectivity index (χ3n) is 1.63. The van der Waals surface area contributed by atoms with Crippen LogP contribution in [0.15, 0.2) is 27.9 Å². The van der Waals surface area contributed by atoms with E-state index in [2.05, 4.69) is 11.6 Å². The topological polar surface area (TPSA) is 54.9 Å². The molecule has 0 aliphatic heterocycles. The molecule has 4 nitrogen and oxygen atoms in total. The molecule has 0 fully saturated rings. The lowest BCUT2D eigenvalue weighted by atomic mass is 10.3. The summed E-state index contributed by atoms with van der Waals surface area (Å²) in [5.41, 5.74) is 0.677. The van der Waals surface area contributed by atoms with Crippen molar-refractivity contribution in [1.29, 1.82) is 0 Å². The molecule has 1 aromatic heterocycles. The normalized spacial score (nSPS) is 10.0. The lowest BCUT2D eigenvalue weighted by Gasteiger charge is -2.04. The number of H-pyrrole nitrogens is 1. The van der Waals surface area contributed by atoms with Crippen molar-refractivity contribution in [1.82, 2.24) is 9.55 Å². The third kappa shape index (κ3) is 2.18. The molecule has 0 aliphatic carbocycles. The monoisotopic (exact) mass is 180 g/mol. The van der Waals surface area contributed by atoms with Crippen LogP contribution in [0, 0.1) is 6.92 Å². The molecule has 0 amide bonds. The highest BCUT2D eigenvalue weighted by Gasteiger charge is 1.99. The van der Waals surface area contributed by atoms with Crippen LogP contribution in [-0.4, -0.2) is 9.55 Å². The van der Waals surface area contributed by atoms with E-state index in [0.29, 0.717) is 12.1 Å². The Morgan fingerprint density at radius 2 is 2.23 bits per heavy atom. The molecule has 1 N–H and O–H groups in total. The van der Waals surface area contributed by atoms with Gasteiger partial charge in [0, 0.05) is 18.3 Å². The zero-order valence-electron chi connectivity index (χ0n) is 7.76. The predicted octanol–water partition coefficient (Wildman–Crippen LogP) is 0.421. The van der Waals surface area contributed by atoms with Crippen molar-refractivity contribution in [2.75, 3.05) is 0 Å². The molecule has 0 aliphatic rings. The van der Waals surface area contributed by atoms with Crippen LogP contribution in [0.2, 0.25) is 0 Å². The fourth-order valence-corrected chi connectivity index (χ4v) is 1.03. The maximum absolute atomic E-state index is 11.2. The van der Waals surface area contributed by atoms with Gasteiger partial charge in [-0.3, -0.25) is 14.3 Å². The molecular weight excluding hydrogens is 168 g/mol. The molecule has 70 valence electrons. The molecule has 1 aromatic rings. The van der Waals surface area contributed by atoms with E-state index in [0.717, 1.165) is 5.57 Å². The minimum atomic E-state index is -0.390. The van der Waals surface area contributed by atoms with Crippen LogP contribution >= 0.6 is 0 Å². The number of hydrogen-bond acceptors (Lipinski definition) is 2. The molecule has 0 aromatic carbocycles. The van der Waals surface area contributed by atoms with E-state index in [4.69, 9.17) is 0 Å². The predicted molar refractivity (Wildman–Crippen MR) is 50.9 cm³/mol. The van der Waals surface area contributed by atoms with Gasteiger partial charge in [-0.1, -0.05) is 12.2 Å². The lowest BCUT2D eigenvalue weighted by Crippen LogP contribution is -2.30. The zero-order valence-corrected chi connectivity index (χ0v) is 7.76. The standard InChI is InChI=1S/C9H12N2O2/c1-6(2)4-11-5-7(3)8(12)10-9(11)13/h5H,1,4H2,2-3H3,(H,10,12,13). The van der Waals surface area contributed by atoms with E-state index in [1.54, 1.807) is 6.92 Å². The Kier molecular flexibility index (Phi) is 2.51. The maximum Gasteiger partial charge on any atom is 0.328 e. The van der Waals surface area contributed by atoms with Gasteiger partial charge in [0.25, 0.3) is 5.56 Å². The second-order valence-corrected chi connectivity index (χ2v) is 3.16. The Morgan fingerprint density at radius 3 is 2.77 bits per heavy atom. The van der Waals surface area contributed by atoms with Gasteiger partial charge in [-0.05, 0) is 13.8 Å². The van der Waals surface area contributed by atoms with Crippen LogP contribution in [-0.2, 0) is 6.54 Å². The van der Waals surface area contributed by atoms with Crippen molar-refractivity contribution >= 4 is 0 Å². The van der Waals surface area contributed by atoms with Gasteiger partial charge in [0.1, 0.15) is 0 Å². The van der Waals surface area contributed by atoms with Gasteiger partial charge in [-0.2, -0.15) is 0 Å². The van der Waals surface area contributed by atoms with E-state index >= 15 is 0 Å². The minimum absolute atomic E-state index is 0.331. The Balaban J connectivity index is 3.24. The molecular formula is C9H12N2O2.